The molecule has 2 aromatic carbocycles. The van der Waals surface area contributed by atoms with Crippen LogP contribution < -0.4 is 5.32 Å². The van der Waals surface area contributed by atoms with Crippen LogP contribution in [0, 0.1) is 35.4 Å². The van der Waals surface area contributed by atoms with E-state index in [1.165, 1.54) is 12.1 Å². The maximum absolute atomic E-state index is 13.3. The lowest BCUT2D eigenvalue weighted by Crippen LogP contribution is -2.02. The van der Waals surface area contributed by atoms with E-state index in [0.29, 0.717) is 23.2 Å². The summed E-state index contributed by atoms with van der Waals surface area (Å²) in [5.74, 6) is -0.427. The van der Waals surface area contributed by atoms with Crippen molar-refractivity contribution in [2.75, 3.05) is 5.32 Å². The minimum atomic E-state index is -0.427. The molecule has 0 saturated heterocycles. The highest BCUT2D eigenvalue weighted by atomic mass is 19.1. The molecule has 0 saturated carbocycles. The number of rotatable bonds is 3. The van der Waals surface area contributed by atoms with Gasteiger partial charge < -0.3 is 5.32 Å². The maximum atomic E-state index is 13.3. The first-order valence-corrected chi connectivity index (χ1v) is 6.06. The third kappa shape index (κ3) is 3.13. The van der Waals surface area contributed by atoms with Crippen molar-refractivity contribution in [1.82, 2.24) is 0 Å². The summed E-state index contributed by atoms with van der Waals surface area (Å²) in [4.78, 5) is 0. The van der Waals surface area contributed by atoms with Crippen LogP contribution in [0.25, 0.3) is 0 Å². The van der Waals surface area contributed by atoms with E-state index >= 15 is 0 Å². The zero-order valence-electron chi connectivity index (χ0n) is 10.9. The van der Waals surface area contributed by atoms with E-state index in [-0.39, 0.29) is 0 Å². The molecule has 3 nitrogen and oxygen atoms in total. The summed E-state index contributed by atoms with van der Waals surface area (Å²) in [5, 5.41) is 20.8. The molecule has 0 atom stereocenters. The third-order valence-corrected chi connectivity index (χ3v) is 2.94. The van der Waals surface area contributed by atoms with Crippen molar-refractivity contribution in [2.45, 2.75) is 13.5 Å². The second-order valence-corrected chi connectivity index (χ2v) is 4.46. The molecule has 0 aromatic heterocycles. The first-order chi connectivity index (χ1) is 9.62. The molecule has 0 spiro atoms. The van der Waals surface area contributed by atoms with Gasteiger partial charge in [-0.1, -0.05) is 6.07 Å². The van der Waals surface area contributed by atoms with Gasteiger partial charge in [-0.15, -0.1) is 0 Å². The van der Waals surface area contributed by atoms with Crippen LogP contribution in [-0.4, -0.2) is 0 Å². The highest BCUT2D eigenvalue weighted by Crippen LogP contribution is 2.18. The van der Waals surface area contributed by atoms with E-state index in [0.717, 1.165) is 11.3 Å². The summed E-state index contributed by atoms with van der Waals surface area (Å²) in [6.07, 6.45) is 0. The number of hydrogen-bond donors (Lipinski definition) is 1. The lowest BCUT2D eigenvalue weighted by atomic mass is 10.1. The number of nitriles is 2. The minimum absolute atomic E-state index is 0.296. The molecule has 0 radical (unpaired) electrons. The summed E-state index contributed by atoms with van der Waals surface area (Å²) >= 11 is 0. The van der Waals surface area contributed by atoms with E-state index in [9.17, 15) is 4.39 Å². The fraction of sp³-hybridized carbons (Fsp3) is 0.125. The number of hydrogen-bond acceptors (Lipinski definition) is 3. The molecule has 98 valence electrons. The predicted octanol–water partition coefficient (Wildman–Crippen LogP) is 3.49. The standard InChI is InChI=1S/C16H12FN3/c1-11-2-3-12(8-18)7-16(11)20-10-14-4-13(9-19)5-15(17)6-14/h2-7,20H,10H2,1H3. The smallest absolute Gasteiger partial charge is 0.124 e. The molecular weight excluding hydrogens is 253 g/mol. The average molecular weight is 265 g/mol. The maximum Gasteiger partial charge on any atom is 0.124 e. The van der Waals surface area contributed by atoms with Crippen LogP contribution in [0.1, 0.15) is 22.3 Å². The number of aryl methyl sites for hydroxylation is 1. The zero-order chi connectivity index (χ0) is 14.5. The summed E-state index contributed by atoms with van der Waals surface area (Å²) in [5.41, 5.74) is 3.37. The quantitative estimate of drug-likeness (QED) is 0.924. The number of halogens is 1. The van der Waals surface area contributed by atoms with E-state index in [2.05, 4.69) is 11.4 Å². The number of nitrogens with zero attached hydrogens (tertiary/aromatic N) is 2. The van der Waals surface area contributed by atoms with Crippen molar-refractivity contribution < 1.29 is 4.39 Å². The van der Waals surface area contributed by atoms with Gasteiger partial charge in [0.15, 0.2) is 0 Å². The summed E-state index contributed by atoms with van der Waals surface area (Å²) < 4.78 is 13.3. The van der Waals surface area contributed by atoms with Gasteiger partial charge in [-0.05, 0) is 48.4 Å². The van der Waals surface area contributed by atoms with E-state index in [1.807, 2.05) is 19.1 Å². The molecular formula is C16H12FN3. The molecule has 20 heavy (non-hydrogen) atoms. The monoisotopic (exact) mass is 265 g/mol. The van der Waals surface area contributed by atoms with Crippen molar-refractivity contribution in [2.24, 2.45) is 0 Å². The fourth-order valence-corrected chi connectivity index (χ4v) is 1.90. The van der Waals surface area contributed by atoms with Gasteiger partial charge in [-0.25, -0.2) is 4.39 Å². The van der Waals surface area contributed by atoms with Crippen molar-refractivity contribution in [3.05, 3.63) is 64.5 Å². The Morgan fingerprint density at radius 1 is 1.05 bits per heavy atom. The second-order valence-electron chi connectivity index (χ2n) is 4.46. The molecule has 0 fully saturated rings. The van der Waals surface area contributed by atoms with E-state index in [1.54, 1.807) is 18.2 Å². The van der Waals surface area contributed by atoms with Crippen LogP contribution in [0.4, 0.5) is 10.1 Å². The molecule has 0 heterocycles. The zero-order valence-corrected chi connectivity index (χ0v) is 10.9. The van der Waals surface area contributed by atoms with Crippen molar-refractivity contribution in [3.8, 4) is 12.1 Å². The first-order valence-electron chi connectivity index (χ1n) is 6.06. The Kier molecular flexibility index (Phi) is 3.98. The van der Waals surface area contributed by atoms with Crippen LogP contribution >= 0.6 is 0 Å². The Labute approximate surface area is 116 Å². The summed E-state index contributed by atoms with van der Waals surface area (Å²) in [7, 11) is 0. The topological polar surface area (TPSA) is 59.6 Å². The molecule has 4 heteroatoms. The molecule has 0 aliphatic carbocycles. The van der Waals surface area contributed by atoms with Crippen molar-refractivity contribution >= 4 is 5.69 Å². The van der Waals surface area contributed by atoms with E-state index < -0.39 is 5.82 Å². The molecule has 0 amide bonds. The van der Waals surface area contributed by atoms with Crippen LogP contribution in [0.3, 0.4) is 0 Å². The molecule has 0 aliphatic rings. The Bertz CT molecular complexity index is 723. The molecule has 0 unspecified atom stereocenters. The summed E-state index contributed by atoms with van der Waals surface area (Å²) in [6, 6.07) is 13.6. The van der Waals surface area contributed by atoms with Gasteiger partial charge in [0.25, 0.3) is 0 Å². The highest BCUT2D eigenvalue weighted by Gasteiger charge is 2.03. The van der Waals surface area contributed by atoms with Crippen LogP contribution in [0.5, 0.6) is 0 Å². The lowest BCUT2D eigenvalue weighted by molar-refractivity contribution is 0.625. The molecule has 2 aromatic rings. The first kappa shape index (κ1) is 13.6. The van der Waals surface area contributed by atoms with Crippen LogP contribution in [-0.2, 0) is 6.54 Å². The normalized spacial score (nSPS) is 9.60. The fourth-order valence-electron chi connectivity index (χ4n) is 1.90. The van der Waals surface area contributed by atoms with Crippen molar-refractivity contribution in [1.29, 1.82) is 10.5 Å². The van der Waals surface area contributed by atoms with Crippen LogP contribution in [0.2, 0.25) is 0 Å². The minimum Gasteiger partial charge on any atom is -0.381 e. The van der Waals surface area contributed by atoms with Crippen LogP contribution in [0.15, 0.2) is 36.4 Å². The van der Waals surface area contributed by atoms with Gasteiger partial charge in [0.2, 0.25) is 0 Å². The highest BCUT2D eigenvalue weighted by molar-refractivity contribution is 5.55. The molecule has 2 rings (SSSR count). The number of anilines is 1. The number of nitrogens with one attached hydrogen (secondary N) is 1. The Hall–Kier alpha value is -2.85. The summed E-state index contributed by atoms with van der Waals surface area (Å²) in [6.45, 7) is 2.32. The molecule has 0 bridgehead atoms. The third-order valence-electron chi connectivity index (χ3n) is 2.94. The van der Waals surface area contributed by atoms with Gasteiger partial charge in [-0.2, -0.15) is 10.5 Å². The lowest BCUT2D eigenvalue weighted by Gasteiger charge is -2.10. The van der Waals surface area contributed by atoms with Crippen molar-refractivity contribution in [3.63, 3.8) is 0 Å². The Morgan fingerprint density at radius 3 is 2.50 bits per heavy atom. The Balaban J connectivity index is 2.19. The average Bonchev–Trinajstić information content (AvgIpc) is 2.45. The van der Waals surface area contributed by atoms with Gasteiger partial charge in [0, 0.05) is 12.2 Å². The largest absolute Gasteiger partial charge is 0.381 e. The molecule has 1 N–H and O–H groups in total. The molecule has 0 aliphatic heterocycles. The Morgan fingerprint density at radius 2 is 1.80 bits per heavy atom. The predicted molar refractivity (Wildman–Crippen MR) is 74.3 cm³/mol. The van der Waals surface area contributed by atoms with E-state index in [4.69, 9.17) is 10.5 Å². The number of benzene rings is 2. The second kappa shape index (κ2) is 5.86. The van der Waals surface area contributed by atoms with Gasteiger partial charge >= 0.3 is 0 Å². The van der Waals surface area contributed by atoms with Gasteiger partial charge in [0.1, 0.15) is 5.82 Å². The van der Waals surface area contributed by atoms with Gasteiger partial charge in [-0.3, -0.25) is 0 Å². The van der Waals surface area contributed by atoms with Gasteiger partial charge in [0.05, 0.1) is 23.3 Å². The SMILES string of the molecule is Cc1ccc(C#N)cc1NCc1cc(F)cc(C#N)c1.